The molecule has 2 aromatic heterocycles. The predicted molar refractivity (Wildman–Crippen MR) is 121 cm³/mol. The van der Waals surface area contributed by atoms with Gasteiger partial charge in [-0.15, -0.1) is 0 Å². The summed E-state index contributed by atoms with van der Waals surface area (Å²) in [5.74, 6) is 0.252. The highest BCUT2D eigenvalue weighted by atomic mass is 79.9. The number of anilines is 2. The molecule has 0 bridgehead atoms. The molecule has 0 atom stereocenters. The Kier molecular flexibility index (Phi) is 5.41. The van der Waals surface area contributed by atoms with Crippen LogP contribution in [-0.2, 0) is 11.3 Å². The van der Waals surface area contributed by atoms with Crippen molar-refractivity contribution in [3.63, 3.8) is 0 Å². The number of ether oxygens (including phenoxy) is 1. The summed E-state index contributed by atoms with van der Waals surface area (Å²) in [6, 6.07) is 15.1. The number of nitrogen functional groups attached to an aromatic ring is 1. The van der Waals surface area contributed by atoms with Crippen LogP contribution in [0.5, 0.6) is 0 Å². The minimum absolute atomic E-state index is 0.412. The summed E-state index contributed by atoms with van der Waals surface area (Å²) < 4.78 is 7.36. The quantitative estimate of drug-likeness (QED) is 0.422. The van der Waals surface area contributed by atoms with Crippen molar-refractivity contribution in [2.24, 2.45) is 0 Å². The van der Waals surface area contributed by atoms with Crippen LogP contribution in [0, 0.1) is 6.92 Å². The minimum Gasteiger partial charge on any atom is -0.465 e. The van der Waals surface area contributed by atoms with Gasteiger partial charge in [0.1, 0.15) is 10.4 Å². The van der Waals surface area contributed by atoms with E-state index in [1.807, 2.05) is 43.3 Å². The van der Waals surface area contributed by atoms with Crippen LogP contribution >= 0.6 is 15.9 Å². The monoisotopic (exact) mass is 465 g/mol. The van der Waals surface area contributed by atoms with E-state index in [9.17, 15) is 4.79 Å². The molecule has 0 unspecified atom stereocenters. The number of hydrogen-bond donors (Lipinski definition) is 2. The Hall–Kier alpha value is -3.39. The molecule has 7 nitrogen and oxygen atoms in total. The van der Waals surface area contributed by atoms with Crippen LogP contribution in [0.4, 0.5) is 11.5 Å². The number of benzene rings is 2. The van der Waals surface area contributed by atoms with E-state index >= 15 is 0 Å². The first-order valence-corrected chi connectivity index (χ1v) is 10.1. The third kappa shape index (κ3) is 3.61. The van der Waals surface area contributed by atoms with Gasteiger partial charge in [-0.3, -0.25) is 0 Å². The summed E-state index contributed by atoms with van der Waals surface area (Å²) in [6.45, 7) is 2.51. The molecule has 152 valence electrons. The number of nitrogens with two attached hydrogens (primary N) is 1. The highest BCUT2D eigenvalue weighted by molar-refractivity contribution is 9.10. The number of carbonyl (C=O) groups excluding carboxylic acids is 1. The van der Waals surface area contributed by atoms with Gasteiger partial charge in [0.15, 0.2) is 0 Å². The van der Waals surface area contributed by atoms with Crippen LogP contribution in [0.1, 0.15) is 21.5 Å². The Morgan fingerprint density at radius 1 is 1.23 bits per heavy atom. The molecule has 0 aliphatic carbocycles. The molecule has 0 fully saturated rings. The zero-order valence-corrected chi connectivity index (χ0v) is 18.1. The van der Waals surface area contributed by atoms with Gasteiger partial charge in [0.25, 0.3) is 0 Å². The zero-order valence-electron chi connectivity index (χ0n) is 16.5. The maximum Gasteiger partial charge on any atom is 0.340 e. The van der Waals surface area contributed by atoms with Gasteiger partial charge in [-0.1, -0.05) is 18.2 Å². The van der Waals surface area contributed by atoms with Crippen molar-refractivity contribution in [2.75, 3.05) is 18.2 Å². The van der Waals surface area contributed by atoms with Crippen LogP contribution in [0.3, 0.4) is 0 Å². The Morgan fingerprint density at radius 2 is 2.03 bits per heavy atom. The summed E-state index contributed by atoms with van der Waals surface area (Å²) >= 11 is 3.64. The van der Waals surface area contributed by atoms with Crippen molar-refractivity contribution < 1.29 is 9.53 Å². The van der Waals surface area contributed by atoms with Gasteiger partial charge in [0.05, 0.1) is 29.6 Å². The van der Waals surface area contributed by atoms with Crippen LogP contribution < -0.4 is 11.1 Å². The maximum atomic E-state index is 12.2. The first kappa shape index (κ1) is 19.9. The lowest BCUT2D eigenvalue weighted by Crippen LogP contribution is -2.08. The number of esters is 1. The number of nitrogens with one attached hydrogen (secondary N) is 1. The number of para-hydroxylation sites is 1. The maximum absolute atomic E-state index is 12.2. The number of aryl methyl sites for hydroxylation is 1. The number of nitrogens with zero attached hydrogens (tertiary/aromatic N) is 3. The molecular formula is C22H20BrN5O2. The predicted octanol–water partition coefficient (Wildman–Crippen LogP) is 4.47. The molecule has 0 amide bonds. The Balaban J connectivity index is 1.68. The molecule has 2 heterocycles. The van der Waals surface area contributed by atoms with E-state index in [4.69, 9.17) is 10.5 Å². The SMILES string of the molecule is COC(=O)c1ccccc1-n1nc2ccc(CNc3nccc(C)c3N)cc2c1Br. The van der Waals surface area contributed by atoms with E-state index in [2.05, 4.69) is 31.3 Å². The molecule has 2 aromatic carbocycles. The molecule has 4 rings (SSSR count). The molecule has 3 N–H and O–H groups in total. The number of fused-ring (bicyclic) bond motifs is 1. The van der Waals surface area contributed by atoms with Crippen molar-refractivity contribution in [3.05, 3.63) is 76.0 Å². The van der Waals surface area contributed by atoms with Crippen molar-refractivity contribution in [3.8, 4) is 5.69 Å². The first-order chi connectivity index (χ1) is 14.5. The molecule has 0 aliphatic heterocycles. The third-order valence-corrected chi connectivity index (χ3v) is 5.65. The zero-order chi connectivity index (χ0) is 21.3. The van der Waals surface area contributed by atoms with Gasteiger partial charge in [0, 0.05) is 18.1 Å². The van der Waals surface area contributed by atoms with E-state index in [1.54, 1.807) is 23.0 Å². The Labute approximate surface area is 182 Å². The number of hydrogen-bond acceptors (Lipinski definition) is 6. The first-order valence-electron chi connectivity index (χ1n) is 9.29. The molecule has 8 heteroatoms. The summed E-state index contributed by atoms with van der Waals surface area (Å²) in [7, 11) is 1.36. The molecular weight excluding hydrogens is 446 g/mol. The highest BCUT2D eigenvalue weighted by Gasteiger charge is 2.17. The van der Waals surface area contributed by atoms with Crippen molar-refractivity contribution in [2.45, 2.75) is 13.5 Å². The number of methoxy groups -OCH3 is 1. The van der Waals surface area contributed by atoms with Crippen molar-refractivity contribution in [1.29, 1.82) is 0 Å². The van der Waals surface area contributed by atoms with E-state index in [0.29, 0.717) is 29.3 Å². The number of carbonyl (C=O) groups is 1. The fourth-order valence-electron chi connectivity index (χ4n) is 3.21. The van der Waals surface area contributed by atoms with Crippen LogP contribution in [-0.4, -0.2) is 27.8 Å². The normalized spacial score (nSPS) is 10.9. The lowest BCUT2D eigenvalue weighted by molar-refractivity contribution is 0.0600. The summed E-state index contributed by atoms with van der Waals surface area (Å²) in [6.07, 6.45) is 1.73. The number of rotatable bonds is 5. The number of aromatic nitrogens is 3. The van der Waals surface area contributed by atoms with Gasteiger partial charge < -0.3 is 15.8 Å². The van der Waals surface area contributed by atoms with Gasteiger partial charge >= 0.3 is 5.97 Å². The fourth-order valence-corrected chi connectivity index (χ4v) is 3.80. The second kappa shape index (κ2) is 8.16. The fraction of sp³-hybridized carbons (Fsp3) is 0.136. The van der Waals surface area contributed by atoms with Gasteiger partial charge in [0.2, 0.25) is 0 Å². The van der Waals surface area contributed by atoms with Gasteiger partial charge in [-0.2, -0.15) is 5.10 Å². The Bertz CT molecular complexity index is 1250. The second-order valence-electron chi connectivity index (χ2n) is 6.81. The minimum atomic E-state index is -0.412. The average molecular weight is 466 g/mol. The third-order valence-electron chi connectivity index (χ3n) is 4.88. The molecule has 0 spiro atoms. The van der Waals surface area contributed by atoms with Gasteiger partial charge in [-0.25, -0.2) is 14.5 Å². The van der Waals surface area contributed by atoms with Crippen LogP contribution in [0.15, 0.2) is 59.3 Å². The van der Waals surface area contributed by atoms with Crippen molar-refractivity contribution in [1.82, 2.24) is 14.8 Å². The van der Waals surface area contributed by atoms with Crippen LogP contribution in [0.25, 0.3) is 16.6 Å². The van der Waals surface area contributed by atoms with E-state index in [1.165, 1.54) is 7.11 Å². The van der Waals surface area contributed by atoms with E-state index < -0.39 is 5.97 Å². The van der Waals surface area contributed by atoms with Gasteiger partial charge in [-0.05, 0) is 64.3 Å². The Morgan fingerprint density at radius 3 is 2.83 bits per heavy atom. The molecule has 0 saturated carbocycles. The second-order valence-corrected chi connectivity index (χ2v) is 7.56. The topological polar surface area (TPSA) is 95.1 Å². The summed E-state index contributed by atoms with van der Waals surface area (Å²) in [5.41, 5.74) is 10.7. The molecule has 0 radical (unpaired) electrons. The highest BCUT2D eigenvalue weighted by Crippen LogP contribution is 2.29. The molecule has 0 saturated heterocycles. The number of pyridine rings is 1. The smallest absolute Gasteiger partial charge is 0.340 e. The van der Waals surface area contributed by atoms with Crippen LogP contribution in [0.2, 0.25) is 0 Å². The molecule has 30 heavy (non-hydrogen) atoms. The summed E-state index contributed by atoms with van der Waals surface area (Å²) in [4.78, 5) is 16.5. The lowest BCUT2D eigenvalue weighted by Gasteiger charge is -2.10. The van der Waals surface area contributed by atoms with E-state index in [-0.39, 0.29) is 0 Å². The lowest BCUT2D eigenvalue weighted by atomic mass is 10.1. The van der Waals surface area contributed by atoms with E-state index in [0.717, 1.165) is 26.6 Å². The largest absolute Gasteiger partial charge is 0.465 e. The number of halogens is 1. The summed E-state index contributed by atoms with van der Waals surface area (Å²) in [5, 5.41) is 8.87. The molecule has 4 aromatic rings. The average Bonchev–Trinajstić information content (AvgIpc) is 3.10. The molecule has 0 aliphatic rings. The standard InChI is InChI=1S/C22H20BrN5O2/c1-13-9-10-25-21(19(13)24)26-12-14-7-8-17-16(11-14)20(23)28(27-17)18-6-4-3-5-15(18)22(29)30-2/h3-11H,12,24H2,1-2H3,(H,25,26). The van der Waals surface area contributed by atoms with Crippen molar-refractivity contribution >= 4 is 44.3 Å².